The minimum atomic E-state index is -0.416. The molecule has 0 aliphatic heterocycles. The average molecular weight is 354 g/mol. The van der Waals surface area contributed by atoms with Crippen molar-refractivity contribution in [2.75, 3.05) is 0 Å². The number of halogens is 4. The Morgan fingerprint density at radius 1 is 1.14 bits per heavy atom. The Morgan fingerprint density at radius 2 is 1.91 bits per heavy atom. The molecule has 2 nitrogen and oxygen atoms in total. The lowest BCUT2D eigenvalue weighted by molar-refractivity contribution is 0.640. The maximum Gasteiger partial charge on any atom is 0.133 e. The third kappa shape index (κ3) is 2.44. The molecule has 0 radical (unpaired) electrons. The van der Waals surface area contributed by atoms with Gasteiger partial charge in [0.2, 0.25) is 0 Å². The number of H-pyrrole nitrogens is 1. The van der Waals surface area contributed by atoms with Crippen LogP contribution in [0.15, 0.2) is 30.5 Å². The predicted octanol–water partition coefficient (Wildman–Crippen LogP) is 6.00. The van der Waals surface area contributed by atoms with E-state index in [1.807, 2.05) is 6.07 Å². The molecule has 110 valence electrons. The smallest absolute Gasteiger partial charge is 0.133 e. The highest BCUT2D eigenvalue weighted by Crippen LogP contribution is 2.39. The molecular weight excluding hydrogens is 346 g/mol. The van der Waals surface area contributed by atoms with E-state index in [0.717, 1.165) is 0 Å². The van der Waals surface area contributed by atoms with Gasteiger partial charge >= 0.3 is 0 Å². The summed E-state index contributed by atoms with van der Waals surface area (Å²) in [6, 6.07) is 8.47. The van der Waals surface area contributed by atoms with Gasteiger partial charge in [-0.1, -0.05) is 40.9 Å². The molecule has 1 heterocycles. The molecule has 0 atom stereocenters. The van der Waals surface area contributed by atoms with Crippen LogP contribution < -0.4 is 0 Å². The first kappa shape index (κ1) is 15.2. The summed E-state index contributed by atoms with van der Waals surface area (Å²) in [5.41, 5.74) is 2.40. The molecule has 0 saturated heterocycles. The van der Waals surface area contributed by atoms with E-state index in [4.69, 9.17) is 40.1 Å². The van der Waals surface area contributed by atoms with Crippen molar-refractivity contribution in [3.63, 3.8) is 0 Å². The lowest BCUT2D eigenvalue weighted by Gasteiger charge is -2.08. The standard InChI is InChI=1S/C16H8Cl3FN2/c17-11-2-1-10(15(18)16(11)19)9-5-12(20)14-8(3-4-21)7-22-13(14)6-9/h1-2,5-7,22H,3H2. The van der Waals surface area contributed by atoms with Crippen molar-refractivity contribution in [3.8, 4) is 17.2 Å². The molecule has 1 N–H and O–H groups in total. The van der Waals surface area contributed by atoms with Crippen LogP contribution in [0.1, 0.15) is 5.56 Å². The molecule has 0 fully saturated rings. The third-order valence-corrected chi connectivity index (χ3v) is 4.72. The lowest BCUT2D eigenvalue weighted by atomic mass is 10.0. The first-order valence-electron chi connectivity index (χ1n) is 6.33. The second-order valence-corrected chi connectivity index (χ2v) is 5.92. The number of fused-ring (bicyclic) bond motifs is 1. The molecule has 0 spiro atoms. The second-order valence-electron chi connectivity index (χ2n) is 4.75. The van der Waals surface area contributed by atoms with E-state index in [-0.39, 0.29) is 16.5 Å². The highest BCUT2D eigenvalue weighted by atomic mass is 35.5. The molecule has 1 aromatic heterocycles. The molecule has 22 heavy (non-hydrogen) atoms. The molecule has 0 unspecified atom stereocenters. The van der Waals surface area contributed by atoms with Gasteiger partial charge in [-0.3, -0.25) is 0 Å². The SMILES string of the molecule is N#CCc1c[nH]c2cc(-c3ccc(Cl)c(Cl)c3Cl)cc(F)c12. The van der Waals surface area contributed by atoms with Gasteiger partial charge in [-0.05, 0) is 29.3 Å². The van der Waals surface area contributed by atoms with Crippen LogP contribution >= 0.6 is 34.8 Å². The van der Waals surface area contributed by atoms with Crippen LogP contribution in [0.4, 0.5) is 4.39 Å². The zero-order valence-corrected chi connectivity index (χ0v) is 13.3. The number of benzene rings is 2. The van der Waals surface area contributed by atoms with E-state index in [9.17, 15) is 4.39 Å². The Morgan fingerprint density at radius 3 is 2.64 bits per heavy atom. The van der Waals surface area contributed by atoms with Gasteiger partial charge in [0.25, 0.3) is 0 Å². The Labute approximate surface area is 141 Å². The van der Waals surface area contributed by atoms with Crippen LogP contribution in [-0.2, 0) is 6.42 Å². The Bertz CT molecular complexity index is 925. The number of nitrogens with one attached hydrogen (secondary N) is 1. The van der Waals surface area contributed by atoms with Gasteiger partial charge in [-0.15, -0.1) is 0 Å². The largest absolute Gasteiger partial charge is 0.361 e. The lowest BCUT2D eigenvalue weighted by Crippen LogP contribution is -1.87. The molecule has 0 aliphatic carbocycles. The number of nitriles is 1. The van der Waals surface area contributed by atoms with Crippen molar-refractivity contribution in [3.05, 3.63) is 56.9 Å². The van der Waals surface area contributed by atoms with Crippen molar-refractivity contribution in [2.45, 2.75) is 6.42 Å². The Balaban J connectivity index is 2.22. The van der Waals surface area contributed by atoms with Crippen LogP contribution in [-0.4, -0.2) is 4.98 Å². The number of nitrogens with zero attached hydrogens (tertiary/aromatic N) is 1. The summed E-state index contributed by atoms with van der Waals surface area (Å²) in [6.07, 6.45) is 1.78. The van der Waals surface area contributed by atoms with E-state index >= 15 is 0 Å². The average Bonchev–Trinajstić information content (AvgIpc) is 2.89. The highest BCUT2D eigenvalue weighted by molar-refractivity contribution is 6.49. The summed E-state index contributed by atoms with van der Waals surface area (Å²) in [5, 5.41) is 10.1. The number of hydrogen-bond donors (Lipinski definition) is 1. The van der Waals surface area contributed by atoms with Crippen molar-refractivity contribution in [1.82, 2.24) is 4.98 Å². The zero-order valence-electron chi connectivity index (χ0n) is 11.1. The minimum Gasteiger partial charge on any atom is -0.361 e. The molecule has 2 aromatic carbocycles. The van der Waals surface area contributed by atoms with Gasteiger partial charge in [0, 0.05) is 22.7 Å². The molecule has 0 aliphatic rings. The van der Waals surface area contributed by atoms with Gasteiger partial charge in [-0.2, -0.15) is 5.26 Å². The molecule has 0 bridgehead atoms. The van der Waals surface area contributed by atoms with Gasteiger partial charge in [0.1, 0.15) is 5.82 Å². The van der Waals surface area contributed by atoms with E-state index in [2.05, 4.69) is 4.98 Å². The van der Waals surface area contributed by atoms with Gasteiger partial charge in [0.15, 0.2) is 0 Å². The van der Waals surface area contributed by atoms with E-state index in [1.165, 1.54) is 6.07 Å². The first-order chi connectivity index (χ1) is 10.5. The maximum absolute atomic E-state index is 14.4. The molecule has 6 heteroatoms. The normalized spacial score (nSPS) is 10.9. The summed E-state index contributed by atoms with van der Waals surface area (Å²) in [7, 11) is 0. The summed E-state index contributed by atoms with van der Waals surface area (Å²) in [4.78, 5) is 2.98. The quantitative estimate of drug-likeness (QED) is 0.564. The summed E-state index contributed by atoms with van der Waals surface area (Å²) in [6.45, 7) is 0. The van der Waals surface area contributed by atoms with Crippen molar-refractivity contribution in [2.24, 2.45) is 0 Å². The fourth-order valence-electron chi connectivity index (χ4n) is 2.41. The number of aromatic amines is 1. The van der Waals surface area contributed by atoms with E-state index in [0.29, 0.717) is 32.6 Å². The molecule has 0 saturated carbocycles. The number of rotatable bonds is 2. The van der Waals surface area contributed by atoms with Gasteiger partial charge in [0.05, 0.1) is 27.6 Å². The van der Waals surface area contributed by atoms with Gasteiger partial charge in [-0.25, -0.2) is 4.39 Å². The highest BCUT2D eigenvalue weighted by Gasteiger charge is 2.15. The molecule has 3 aromatic rings. The molecule has 3 rings (SSSR count). The fraction of sp³-hybridized carbons (Fsp3) is 0.0625. The van der Waals surface area contributed by atoms with Crippen LogP contribution in [0.3, 0.4) is 0 Å². The number of hydrogen-bond acceptors (Lipinski definition) is 1. The van der Waals surface area contributed by atoms with Crippen molar-refractivity contribution >= 4 is 45.7 Å². The zero-order chi connectivity index (χ0) is 15.9. The minimum absolute atomic E-state index is 0.143. The van der Waals surface area contributed by atoms with Crippen LogP contribution in [0.5, 0.6) is 0 Å². The van der Waals surface area contributed by atoms with Gasteiger partial charge < -0.3 is 4.98 Å². The van der Waals surface area contributed by atoms with Crippen LogP contribution in [0, 0.1) is 17.1 Å². The van der Waals surface area contributed by atoms with E-state index < -0.39 is 5.82 Å². The predicted molar refractivity (Wildman–Crippen MR) is 88.0 cm³/mol. The Hall–Kier alpha value is -1.73. The second kappa shape index (κ2) is 5.81. The Kier molecular flexibility index (Phi) is 4.01. The topological polar surface area (TPSA) is 39.6 Å². The van der Waals surface area contributed by atoms with E-state index in [1.54, 1.807) is 24.4 Å². The van der Waals surface area contributed by atoms with Crippen LogP contribution in [0.2, 0.25) is 15.1 Å². The third-order valence-electron chi connectivity index (χ3n) is 3.43. The van der Waals surface area contributed by atoms with Crippen LogP contribution in [0.25, 0.3) is 22.0 Å². The first-order valence-corrected chi connectivity index (χ1v) is 7.46. The monoisotopic (exact) mass is 352 g/mol. The summed E-state index contributed by atoms with van der Waals surface area (Å²) in [5.74, 6) is -0.416. The van der Waals surface area contributed by atoms with Crippen molar-refractivity contribution in [1.29, 1.82) is 5.26 Å². The maximum atomic E-state index is 14.4. The van der Waals surface area contributed by atoms with Crippen molar-refractivity contribution < 1.29 is 4.39 Å². The number of aromatic nitrogens is 1. The summed E-state index contributed by atoms with van der Waals surface area (Å²) >= 11 is 18.1. The fourth-order valence-corrected chi connectivity index (χ4v) is 3.06. The summed E-state index contributed by atoms with van der Waals surface area (Å²) < 4.78 is 14.4. The molecular formula is C16H8Cl3FN2. The molecule has 0 amide bonds.